The Morgan fingerprint density at radius 2 is 1.86 bits per heavy atom. The summed E-state index contributed by atoms with van der Waals surface area (Å²) >= 11 is 5.93. The maximum atomic E-state index is 12.4. The molecule has 0 saturated carbocycles. The molecular formula is C17H18ClNO2S. The molecular weight excluding hydrogens is 318 g/mol. The Hall–Kier alpha value is -1.36. The van der Waals surface area contributed by atoms with Crippen LogP contribution in [0.4, 0.5) is 0 Å². The zero-order valence-electron chi connectivity index (χ0n) is 12.2. The average molecular weight is 336 g/mol. The van der Waals surface area contributed by atoms with E-state index in [1.165, 1.54) is 5.56 Å². The predicted octanol–water partition coefficient (Wildman–Crippen LogP) is 3.35. The van der Waals surface area contributed by atoms with E-state index in [4.69, 9.17) is 11.6 Å². The van der Waals surface area contributed by atoms with Crippen LogP contribution in [0.1, 0.15) is 23.1 Å². The number of hydrogen-bond acceptors (Lipinski definition) is 2. The summed E-state index contributed by atoms with van der Waals surface area (Å²) in [7, 11) is -3.45. The molecule has 0 bridgehead atoms. The lowest BCUT2D eigenvalue weighted by molar-refractivity contribution is 0.581. The van der Waals surface area contributed by atoms with Gasteiger partial charge in [0.1, 0.15) is 0 Å². The summed E-state index contributed by atoms with van der Waals surface area (Å²) in [5, 5.41) is 0.666. The van der Waals surface area contributed by atoms with Gasteiger partial charge in [0.15, 0.2) is 0 Å². The maximum Gasteiger partial charge on any atom is 0.240 e. The SMILES string of the molecule is O=S(=O)(NCCc1cccc(Cl)c1)c1ccc2c(c1)CCC2. The van der Waals surface area contributed by atoms with Crippen molar-refractivity contribution in [3.8, 4) is 0 Å². The summed E-state index contributed by atoms with van der Waals surface area (Å²) in [5.74, 6) is 0. The van der Waals surface area contributed by atoms with Crippen molar-refractivity contribution < 1.29 is 8.42 Å². The lowest BCUT2D eigenvalue weighted by atomic mass is 10.1. The first-order chi connectivity index (χ1) is 10.5. The van der Waals surface area contributed by atoms with Crippen LogP contribution in [0.2, 0.25) is 5.02 Å². The second-order valence-electron chi connectivity index (χ2n) is 5.56. The molecule has 22 heavy (non-hydrogen) atoms. The smallest absolute Gasteiger partial charge is 0.211 e. The fourth-order valence-corrected chi connectivity index (χ4v) is 4.12. The Balaban J connectivity index is 1.66. The topological polar surface area (TPSA) is 46.2 Å². The molecule has 0 radical (unpaired) electrons. The fourth-order valence-electron chi connectivity index (χ4n) is 2.82. The predicted molar refractivity (Wildman–Crippen MR) is 88.8 cm³/mol. The number of fused-ring (bicyclic) bond motifs is 1. The highest BCUT2D eigenvalue weighted by atomic mass is 35.5. The molecule has 116 valence electrons. The normalized spacial score (nSPS) is 14.0. The van der Waals surface area contributed by atoms with Crippen molar-refractivity contribution in [2.24, 2.45) is 0 Å². The van der Waals surface area contributed by atoms with Crippen LogP contribution < -0.4 is 4.72 Å². The number of sulfonamides is 1. The molecule has 0 heterocycles. The Morgan fingerprint density at radius 1 is 1.05 bits per heavy atom. The van der Waals surface area contributed by atoms with E-state index in [-0.39, 0.29) is 0 Å². The molecule has 1 N–H and O–H groups in total. The highest BCUT2D eigenvalue weighted by molar-refractivity contribution is 7.89. The quantitative estimate of drug-likeness (QED) is 0.910. The van der Waals surface area contributed by atoms with Gasteiger partial charge in [0, 0.05) is 11.6 Å². The number of aryl methyl sites for hydroxylation is 2. The minimum absolute atomic E-state index is 0.360. The summed E-state index contributed by atoms with van der Waals surface area (Å²) in [6.45, 7) is 0.361. The second kappa shape index (κ2) is 6.41. The zero-order valence-corrected chi connectivity index (χ0v) is 13.8. The lowest BCUT2D eigenvalue weighted by Gasteiger charge is -2.09. The molecule has 0 saturated heterocycles. The van der Waals surface area contributed by atoms with Crippen LogP contribution in [0.5, 0.6) is 0 Å². The van der Waals surface area contributed by atoms with Crippen LogP contribution in [-0.4, -0.2) is 15.0 Å². The van der Waals surface area contributed by atoms with E-state index in [1.54, 1.807) is 12.1 Å². The fraction of sp³-hybridized carbons (Fsp3) is 0.294. The molecule has 0 aromatic heterocycles. The Labute approximate surface area is 136 Å². The number of nitrogens with one attached hydrogen (secondary N) is 1. The molecule has 1 aliphatic carbocycles. The number of hydrogen-bond donors (Lipinski definition) is 1. The minimum atomic E-state index is -3.45. The van der Waals surface area contributed by atoms with Gasteiger partial charge in [0.25, 0.3) is 0 Å². The van der Waals surface area contributed by atoms with Gasteiger partial charge in [-0.15, -0.1) is 0 Å². The summed E-state index contributed by atoms with van der Waals surface area (Å²) in [6.07, 6.45) is 3.75. The molecule has 2 aromatic rings. The van der Waals surface area contributed by atoms with Crippen LogP contribution in [0.15, 0.2) is 47.4 Å². The van der Waals surface area contributed by atoms with Gasteiger partial charge in [-0.25, -0.2) is 13.1 Å². The third-order valence-corrected chi connectivity index (χ3v) is 5.67. The Morgan fingerprint density at radius 3 is 2.68 bits per heavy atom. The van der Waals surface area contributed by atoms with Crippen molar-refractivity contribution in [2.45, 2.75) is 30.6 Å². The van der Waals surface area contributed by atoms with Crippen molar-refractivity contribution in [2.75, 3.05) is 6.54 Å². The van der Waals surface area contributed by atoms with E-state index >= 15 is 0 Å². The highest BCUT2D eigenvalue weighted by Crippen LogP contribution is 2.24. The molecule has 0 spiro atoms. The molecule has 3 nitrogen and oxygen atoms in total. The largest absolute Gasteiger partial charge is 0.240 e. The monoisotopic (exact) mass is 335 g/mol. The van der Waals surface area contributed by atoms with E-state index in [1.807, 2.05) is 30.3 Å². The van der Waals surface area contributed by atoms with Crippen LogP contribution in [0.3, 0.4) is 0 Å². The molecule has 1 aliphatic rings. The lowest BCUT2D eigenvalue weighted by Crippen LogP contribution is -2.26. The summed E-state index contributed by atoms with van der Waals surface area (Å²) < 4.78 is 27.4. The molecule has 3 rings (SSSR count). The first-order valence-electron chi connectivity index (χ1n) is 7.40. The summed E-state index contributed by atoms with van der Waals surface area (Å²) in [4.78, 5) is 0.360. The van der Waals surface area contributed by atoms with Gasteiger partial charge in [0.2, 0.25) is 10.0 Å². The van der Waals surface area contributed by atoms with Crippen molar-refractivity contribution >= 4 is 21.6 Å². The third kappa shape index (κ3) is 3.51. The van der Waals surface area contributed by atoms with Crippen molar-refractivity contribution in [1.29, 1.82) is 0 Å². The van der Waals surface area contributed by atoms with Gasteiger partial charge >= 0.3 is 0 Å². The van der Waals surface area contributed by atoms with Gasteiger partial charge < -0.3 is 0 Å². The number of benzene rings is 2. The van der Waals surface area contributed by atoms with Gasteiger partial charge in [-0.2, -0.15) is 0 Å². The standard InChI is InChI=1S/C17H18ClNO2S/c18-16-6-1-3-13(11-16)9-10-19-22(20,21)17-8-7-14-4-2-5-15(14)12-17/h1,3,6-8,11-12,19H,2,4-5,9-10H2. The summed E-state index contributed by atoms with van der Waals surface area (Å²) in [5.41, 5.74) is 3.46. The van der Waals surface area contributed by atoms with E-state index in [0.29, 0.717) is 22.9 Å². The van der Waals surface area contributed by atoms with E-state index < -0.39 is 10.0 Å². The maximum absolute atomic E-state index is 12.4. The highest BCUT2D eigenvalue weighted by Gasteiger charge is 2.17. The van der Waals surface area contributed by atoms with Crippen LogP contribution in [0, 0.1) is 0 Å². The van der Waals surface area contributed by atoms with Crippen LogP contribution >= 0.6 is 11.6 Å². The van der Waals surface area contributed by atoms with Crippen LogP contribution in [-0.2, 0) is 29.3 Å². The average Bonchev–Trinajstić information content (AvgIpc) is 2.94. The molecule has 0 unspecified atom stereocenters. The summed E-state index contributed by atoms with van der Waals surface area (Å²) in [6, 6.07) is 12.9. The molecule has 0 fully saturated rings. The molecule has 0 amide bonds. The molecule has 2 aromatic carbocycles. The van der Waals surface area contributed by atoms with Gasteiger partial charge in [-0.1, -0.05) is 29.8 Å². The van der Waals surface area contributed by atoms with Gasteiger partial charge in [-0.05, 0) is 66.6 Å². The van der Waals surface area contributed by atoms with Gasteiger partial charge in [0.05, 0.1) is 4.90 Å². The number of halogens is 1. The Kier molecular flexibility index (Phi) is 4.52. The van der Waals surface area contributed by atoms with Gasteiger partial charge in [-0.3, -0.25) is 0 Å². The van der Waals surface area contributed by atoms with Crippen molar-refractivity contribution in [3.63, 3.8) is 0 Å². The minimum Gasteiger partial charge on any atom is -0.211 e. The molecule has 0 atom stereocenters. The number of rotatable bonds is 5. The Bertz CT molecular complexity index is 787. The van der Waals surface area contributed by atoms with Crippen LogP contribution in [0.25, 0.3) is 0 Å². The first kappa shape index (κ1) is 15.5. The van der Waals surface area contributed by atoms with E-state index in [2.05, 4.69) is 4.72 Å². The molecule has 0 aliphatic heterocycles. The first-order valence-corrected chi connectivity index (χ1v) is 9.27. The van der Waals surface area contributed by atoms with E-state index in [9.17, 15) is 8.42 Å². The van der Waals surface area contributed by atoms with Crippen molar-refractivity contribution in [3.05, 3.63) is 64.2 Å². The molecule has 5 heteroatoms. The van der Waals surface area contributed by atoms with Crippen molar-refractivity contribution in [1.82, 2.24) is 4.72 Å². The second-order valence-corrected chi connectivity index (χ2v) is 7.77. The van der Waals surface area contributed by atoms with E-state index in [0.717, 1.165) is 30.4 Å². The zero-order chi connectivity index (χ0) is 15.6. The third-order valence-electron chi connectivity index (χ3n) is 3.98.